The highest BCUT2D eigenvalue weighted by Crippen LogP contribution is 2.30. The van der Waals surface area contributed by atoms with Crippen LogP contribution in [0.3, 0.4) is 0 Å². The molecule has 1 aliphatic carbocycles. The van der Waals surface area contributed by atoms with Crippen LogP contribution in [0.1, 0.15) is 19.3 Å². The smallest absolute Gasteiger partial charge is 0.281 e. The van der Waals surface area contributed by atoms with Crippen molar-refractivity contribution < 1.29 is 8.42 Å². The lowest BCUT2D eigenvalue weighted by molar-refractivity contribution is 0.177. The minimum absolute atomic E-state index is 0.575. The summed E-state index contributed by atoms with van der Waals surface area (Å²) in [7, 11) is 0.298. The summed E-state index contributed by atoms with van der Waals surface area (Å²) in [5.74, 6) is 0.877. The molecule has 0 aromatic carbocycles. The minimum Gasteiger partial charge on any atom is -0.320 e. The summed E-state index contributed by atoms with van der Waals surface area (Å²) >= 11 is 0. The van der Waals surface area contributed by atoms with E-state index in [1.807, 2.05) is 7.05 Å². The second-order valence-electron chi connectivity index (χ2n) is 5.93. The van der Waals surface area contributed by atoms with Gasteiger partial charge in [0.05, 0.1) is 0 Å². The summed E-state index contributed by atoms with van der Waals surface area (Å²) in [6, 6.07) is 0. The second kappa shape index (κ2) is 7.17. The summed E-state index contributed by atoms with van der Waals surface area (Å²) in [5, 5.41) is 3.04. The Balaban J connectivity index is 1.77. The number of piperazine rings is 1. The molecule has 118 valence electrons. The number of nitrogens with zero attached hydrogens (tertiary/aromatic N) is 3. The van der Waals surface area contributed by atoms with E-state index in [0.717, 1.165) is 38.5 Å². The third-order valence-corrected chi connectivity index (χ3v) is 6.15. The molecule has 0 aromatic heterocycles. The molecule has 0 amide bonds. The fourth-order valence-corrected chi connectivity index (χ4v) is 3.98. The first-order valence-corrected chi connectivity index (χ1v) is 9.02. The molecule has 0 unspecified atom stereocenters. The normalized spacial score (nSPS) is 22.6. The summed E-state index contributed by atoms with van der Waals surface area (Å²) in [4.78, 5) is 2.41. The van der Waals surface area contributed by atoms with Crippen LogP contribution in [0.4, 0.5) is 0 Å². The van der Waals surface area contributed by atoms with E-state index in [1.165, 1.54) is 17.1 Å². The van der Waals surface area contributed by atoms with E-state index in [4.69, 9.17) is 0 Å². The maximum Gasteiger partial charge on any atom is 0.281 e. The average molecular weight is 304 g/mol. The van der Waals surface area contributed by atoms with Crippen molar-refractivity contribution in [1.82, 2.24) is 18.8 Å². The van der Waals surface area contributed by atoms with Gasteiger partial charge in [-0.2, -0.15) is 17.0 Å². The first-order valence-electron chi connectivity index (χ1n) is 7.62. The van der Waals surface area contributed by atoms with Gasteiger partial charge in [0.15, 0.2) is 0 Å². The van der Waals surface area contributed by atoms with Crippen molar-refractivity contribution in [2.75, 3.05) is 59.9 Å². The van der Waals surface area contributed by atoms with Gasteiger partial charge in [0.1, 0.15) is 0 Å². The number of hydrogen-bond donors (Lipinski definition) is 1. The van der Waals surface area contributed by atoms with Crippen molar-refractivity contribution in [3.8, 4) is 0 Å². The van der Waals surface area contributed by atoms with Crippen LogP contribution in [0.5, 0.6) is 0 Å². The third kappa shape index (κ3) is 4.39. The van der Waals surface area contributed by atoms with Gasteiger partial charge in [0.2, 0.25) is 0 Å². The van der Waals surface area contributed by atoms with Gasteiger partial charge in [-0.1, -0.05) is 0 Å². The van der Waals surface area contributed by atoms with E-state index in [0.29, 0.717) is 19.6 Å². The highest BCUT2D eigenvalue weighted by Gasteiger charge is 2.32. The minimum atomic E-state index is -3.27. The van der Waals surface area contributed by atoms with E-state index in [9.17, 15) is 8.42 Å². The molecule has 7 heteroatoms. The maximum absolute atomic E-state index is 12.4. The Kier molecular flexibility index (Phi) is 5.80. The van der Waals surface area contributed by atoms with Gasteiger partial charge in [-0.05, 0) is 38.8 Å². The van der Waals surface area contributed by atoms with Gasteiger partial charge < -0.3 is 10.2 Å². The zero-order valence-electron chi connectivity index (χ0n) is 12.7. The van der Waals surface area contributed by atoms with Crippen molar-refractivity contribution in [1.29, 1.82) is 0 Å². The Bertz CT molecular complexity index is 389. The fraction of sp³-hybridized carbons (Fsp3) is 1.00. The standard InChI is InChI=1S/C13H28N4O2S/c1-14-6-3-7-15(2)20(18,19)17-10-8-16(9-11-17)12-13-4-5-13/h13-14H,3-12H2,1-2H3. The molecule has 1 saturated heterocycles. The predicted octanol–water partition coefficient (Wildman–Crippen LogP) is -0.200. The first-order chi connectivity index (χ1) is 9.54. The highest BCUT2D eigenvalue weighted by molar-refractivity contribution is 7.86. The third-order valence-electron chi connectivity index (χ3n) is 4.16. The average Bonchev–Trinajstić information content (AvgIpc) is 3.23. The van der Waals surface area contributed by atoms with Gasteiger partial charge in [-0.15, -0.1) is 0 Å². The molecule has 2 fully saturated rings. The van der Waals surface area contributed by atoms with Crippen LogP contribution >= 0.6 is 0 Å². The van der Waals surface area contributed by atoms with Crippen LogP contribution in [0.25, 0.3) is 0 Å². The van der Waals surface area contributed by atoms with Crippen LogP contribution in [-0.4, -0.2) is 81.8 Å². The van der Waals surface area contributed by atoms with Gasteiger partial charge in [0.25, 0.3) is 10.2 Å². The SMILES string of the molecule is CNCCCN(C)S(=O)(=O)N1CCN(CC2CC2)CC1. The molecule has 0 radical (unpaired) electrons. The monoisotopic (exact) mass is 304 g/mol. The number of rotatable bonds is 8. The molecule has 0 bridgehead atoms. The van der Waals surface area contributed by atoms with Gasteiger partial charge >= 0.3 is 0 Å². The molecule has 0 aromatic rings. The van der Waals surface area contributed by atoms with Crippen LogP contribution in [0.2, 0.25) is 0 Å². The quantitative estimate of drug-likeness (QED) is 0.631. The van der Waals surface area contributed by atoms with Crippen LogP contribution in [0, 0.1) is 5.92 Å². The Morgan fingerprint density at radius 3 is 2.40 bits per heavy atom. The van der Waals surface area contributed by atoms with Crippen molar-refractivity contribution in [3.05, 3.63) is 0 Å². The number of nitrogens with one attached hydrogen (secondary N) is 1. The molecule has 1 aliphatic heterocycles. The van der Waals surface area contributed by atoms with Gasteiger partial charge in [-0.3, -0.25) is 0 Å². The molecule has 0 atom stereocenters. The molecule has 2 rings (SSSR count). The second-order valence-corrected chi connectivity index (χ2v) is 7.96. The van der Waals surface area contributed by atoms with E-state index in [-0.39, 0.29) is 0 Å². The predicted molar refractivity (Wildman–Crippen MR) is 80.8 cm³/mol. The molecular formula is C13H28N4O2S. The molecule has 1 N–H and O–H groups in total. The topological polar surface area (TPSA) is 55.9 Å². The maximum atomic E-state index is 12.4. The summed E-state index contributed by atoms with van der Waals surface area (Å²) in [5.41, 5.74) is 0. The summed E-state index contributed by atoms with van der Waals surface area (Å²) < 4.78 is 28.0. The lowest BCUT2D eigenvalue weighted by atomic mass is 10.3. The first kappa shape index (κ1) is 16.2. The van der Waals surface area contributed by atoms with Crippen molar-refractivity contribution in [2.45, 2.75) is 19.3 Å². The highest BCUT2D eigenvalue weighted by atomic mass is 32.2. The molecule has 1 heterocycles. The van der Waals surface area contributed by atoms with Crippen molar-refractivity contribution in [2.24, 2.45) is 5.92 Å². The summed E-state index contributed by atoms with van der Waals surface area (Å²) in [6.07, 6.45) is 3.55. The van der Waals surface area contributed by atoms with Crippen molar-refractivity contribution >= 4 is 10.2 Å². The Hall–Kier alpha value is -0.210. The molecule has 6 nitrogen and oxygen atoms in total. The number of hydrogen-bond acceptors (Lipinski definition) is 4. The van der Waals surface area contributed by atoms with Crippen LogP contribution in [-0.2, 0) is 10.2 Å². The van der Waals surface area contributed by atoms with Crippen LogP contribution in [0.15, 0.2) is 0 Å². The van der Waals surface area contributed by atoms with E-state index >= 15 is 0 Å². The fourth-order valence-electron chi connectivity index (χ4n) is 2.60. The Labute approximate surface area is 123 Å². The zero-order valence-corrected chi connectivity index (χ0v) is 13.5. The molecule has 0 spiro atoms. The Morgan fingerprint density at radius 1 is 1.20 bits per heavy atom. The lowest BCUT2D eigenvalue weighted by Gasteiger charge is -2.35. The van der Waals surface area contributed by atoms with E-state index in [2.05, 4.69) is 10.2 Å². The van der Waals surface area contributed by atoms with Crippen molar-refractivity contribution in [3.63, 3.8) is 0 Å². The molecule has 2 aliphatic rings. The van der Waals surface area contributed by atoms with Gasteiger partial charge in [-0.25, -0.2) is 0 Å². The summed E-state index contributed by atoms with van der Waals surface area (Å²) in [6.45, 7) is 5.59. The zero-order chi connectivity index (χ0) is 14.6. The molecule has 1 saturated carbocycles. The molecular weight excluding hydrogens is 276 g/mol. The largest absolute Gasteiger partial charge is 0.320 e. The van der Waals surface area contributed by atoms with E-state index < -0.39 is 10.2 Å². The molecule has 20 heavy (non-hydrogen) atoms. The van der Waals surface area contributed by atoms with Crippen LogP contribution < -0.4 is 5.32 Å². The lowest BCUT2D eigenvalue weighted by Crippen LogP contribution is -2.52. The Morgan fingerprint density at radius 2 is 1.85 bits per heavy atom. The van der Waals surface area contributed by atoms with E-state index in [1.54, 1.807) is 11.4 Å². The van der Waals surface area contributed by atoms with Gasteiger partial charge in [0, 0.05) is 46.3 Å².